The van der Waals surface area contributed by atoms with E-state index in [9.17, 15) is 0 Å². The van der Waals surface area contributed by atoms with E-state index in [0.29, 0.717) is 5.76 Å². The molecule has 0 bridgehead atoms. The third-order valence-electron chi connectivity index (χ3n) is 1.18. The van der Waals surface area contributed by atoms with Crippen LogP contribution in [0.15, 0.2) is 24.0 Å². The summed E-state index contributed by atoms with van der Waals surface area (Å²) in [6.45, 7) is 9.19. The minimum Gasteiger partial charge on any atom is -0.443 e. The van der Waals surface area contributed by atoms with E-state index in [1.54, 1.807) is 6.08 Å². The SMILES string of the molecule is C=Cc1ocnc1C(=C)C. The first-order chi connectivity index (χ1) is 4.75. The van der Waals surface area contributed by atoms with E-state index >= 15 is 0 Å². The zero-order valence-electron chi connectivity index (χ0n) is 5.92. The van der Waals surface area contributed by atoms with Gasteiger partial charge in [-0.05, 0) is 18.6 Å². The fourth-order valence-corrected chi connectivity index (χ4v) is 0.721. The molecule has 0 saturated heterocycles. The molecule has 0 spiro atoms. The van der Waals surface area contributed by atoms with E-state index < -0.39 is 0 Å². The van der Waals surface area contributed by atoms with Crippen LogP contribution < -0.4 is 0 Å². The predicted molar refractivity (Wildman–Crippen MR) is 41.3 cm³/mol. The summed E-state index contributed by atoms with van der Waals surface area (Å²) in [4.78, 5) is 3.95. The summed E-state index contributed by atoms with van der Waals surface area (Å²) >= 11 is 0. The molecular formula is C8H9NO. The third kappa shape index (κ3) is 1.00. The minimum absolute atomic E-state index is 0.688. The summed E-state index contributed by atoms with van der Waals surface area (Å²) in [6.07, 6.45) is 3.01. The van der Waals surface area contributed by atoms with Crippen LogP contribution in [0.25, 0.3) is 11.6 Å². The molecule has 0 atom stereocenters. The van der Waals surface area contributed by atoms with Gasteiger partial charge in [-0.1, -0.05) is 13.2 Å². The monoisotopic (exact) mass is 135 g/mol. The Morgan fingerprint density at radius 3 is 2.90 bits per heavy atom. The number of nitrogens with zero attached hydrogens (tertiary/aromatic N) is 1. The van der Waals surface area contributed by atoms with Gasteiger partial charge in [0.05, 0.1) is 0 Å². The zero-order chi connectivity index (χ0) is 7.56. The van der Waals surface area contributed by atoms with E-state index in [-0.39, 0.29) is 0 Å². The van der Waals surface area contributed by atoms with Gasteiger partial charge in [-0.2, -0.15) is 0 Å². The normalized spacial score (nSPS) is 9.30. The summed E-state index contributed by atoms with van der Waals surface area (Å²) in [5.41, 5.74) is 1.68. The van der Waals surface area contributed by atoms with Gasteiger partial charge in [-0.25, -0.2) is 4.98 Å². The summed E-state index contributed by atoms with van der Waals surface area (Å²) in [5.74, 6) is 0.688. The van der Waals surface area contributed by atoms with Gasteiger partial charge in [0.25, 0.3) is 0 Å². The number of oxazole rings is 1. The fourth-order valence-electron chi connectivity index (χ4n) is 0.721. The first kappa shape index (κ1) is 6.81. The van der Waals surface area contributed by atoms with Gasteiger partial charge in [0.1, 0.15) is 5.69 Å². The molecule has 1 heterocycles. The molecule has 0 fully saturated rings. The third-order valence-corrected chi connectivity index (χ3v) is 1.18. The molecule has 0 N–H and O–H groups in total. The molecule has 2 nitrogen and oxygen atoms in total. The standard InChI is InChI=1S/C8H9NO/c1-4-7-8(6(2)3)9-5-10-7/h4-5H,1-2H2,3H3. The van der Waals surface area contributed by atoms with E-state index in [1.165, 1.54) is 6.39 Å². The maximum Gasteiger partial charge on any atom is 0.181 e. The largest absolute Gasteiger partial charge is 0.443 e. The molecular weight excluding hydrogens is 126 g/mol. The van der Waals surface area contributed by atoms with Gasteiger partial charge in [-0.3, -0.25) is 0 Å². The quantitative estimate of drug-likeness (QED) is 0.622. The van der Waals surface area contributed by atoms with Gasteiger partial charge in [0.15, 0.2) is 12.2 Å². The molecule has 0 aliphatic carbocycles. The van der Waals surface area contributed by atoms with Gasteiger partial charge >= 0.3 is 0 Å². The average molecular weight is 135 g/mol. The van der Waals surface area contributed by atoms with E-state index in [1.807, 2.05) is 6.92 Å². The van der Waals surface area contributed by atoms with Crippen LogP contribution in [0.2, 0.25) is 0 Å². The molecule has 0 saturated carbocycles. The summed E-state index contributed by atoms with van der Waals surface area (Å²) in [6, 6.07) is 0. The Morgan fingerprint density at radius 1 is 1.80 bits per heavy atom. The highest BCUT2D eigenvalue weighted by atomic mass is 16.3. The van der Waals surface area contributed by atoms with Crippen LogP contribution >= 0.6 is 0 Å². The van der Waals surface area contributed by atoms with Crippen molar-refractivity contribution in [1.29, 1.82) is 0 Å². The molecule has 0 aliphatic rings. The zero-order valence-corrected chi connectivity index (χ0v) is 5.92. The lowest BCUT2D eigenvalue weighted by molar-refractivity contribution is 0.548. The van der Waals surface area contributed by atoms with Gasteiger partial charge < -0.3 is 4.42 Å². The van der Waals surface area contributed by atoms with E-state index in [2.05, 4.69) is 18.1 Å². The molecule has 0 aromatic carbocycles. The van der Waals surface area contributed by atoms with Crippen molar-refractivity contribution in [2.75, 3.05) is 0 Å². The van der Waals surface area contributed by atoms with Crippen molar-refractivity contribution in [2.24, 2.45) is 0 Å². The lowest BCUT2D eigenvalue weighted by Crippen LogP contribution is -1.79. The number of allylic oxidation sites excluding steroid dienone is 1. The molecule has 10 heavy (non-hydrogen) atoms. The van der Waals surface area contributed by atoms with Crippen molar-refractivity contribution in [2.45, 2.75) is 6.92 Å². The lowest BCUT2D eigenvalue weighted by atomic mass is 10.2. The molecule has 2 heteroatoms. The van der Waals surface area contributed by atoms with Gasteiger partial charge in [0.2, 0.25) is 0 Å². The van der Waals surface area contributed by atoms with Crippen LogP contribution in [-0.4, -0.2) is 4.98 Å². The number of hydrogen-bond acceptors (Lipinski definition) is 2. The van der Waals surface area contributed by atoms with Crippen molar-refractivity contribution in [1.82, 2.24) is 4.98 Å². The van der Waals surface area contributed by atoms with Gasteiger partial charge in [-0.15, -0.1) is 0 Å². The first-order valence-corrected chi connectivity index (χ1v) is 2.97. The van der Waals surface area contributed by atoms with Crippen LogP contribution in [0, 0.1) is 0 Å². The maximum atomic E-state index is 4.99. The van der Waals surface area contributed by atoms with Crippen LogP contribution in [-0.2, 0) is 0 Å². The van der Waals surface area contributed by atoms with Crippen molar-refractivity contribution in [3.05, 3.63) is 31.0 Å². The van der Waals surface area contributed by atoms with Crippen LogP contribution in [0.1, 0.15) is 18.4 Å². The second kappa shape index (κ2) is 2.52. The maximum absolute atomic E-state index is 4.99. The lowest BCUT2D eigenvalue weighted by Gasteiger charge is -1.90. The highest BCUT2D eigenvalue weighted by Gasteiger charge is 2.02. The topological polar surface area (TPSA) is 26.0 Å². The van der Waals surface area contributed by atoms with Crippen LogP contribution in [0.5, 0.6) is 0 Å². The number of hydrogen-bond donors (Lipinski definition) is 0. The van der Waals surface area contributed by atoms with Crippen molar-refractivity contribution >= 4 is 11.6 Å². The molecule has 0 radical (unpaired) electrons. The van der Waals surface area contributed by atoms with E-state index in [0.717, 1.165) is 11.3 Å². The smallest absolute Gasteiger partial charge is 0.181 e. The molecule has 0 unspecified atom stereocenters. The Balaban J connectivity index is 3.13. The summed E-state index contributed by atoms with van der Waals surface area (Å²) in [5, 5.41) is 0. The minimum atomic E-state index is 0.688. The Kier molecular flexibility index (Phi) is 1.71. The fraction of sp³-hybridized carbons (Fsp3) is 0.125. The number of aromatic nitrogens is 1. The van der Waals surface area contributed by atoms with Crippen LogP contribution in [0.3, 0.4) is 0 Å². The Labute approximate surface area is 59.9 Å². The second-order valence-electron chi connectivity index (χ2n) is 2.05. The van der Waals surface area contributed by atoms with Crippen LogP contribution in [0.4, 0.5) is 0 Å². The molecule has 1 aromatic rings. The van der Waals surface area contributed by atoms with E-state index in [4.69, 9.17) is 4.42 Å². The van der Waals surface area contributed by atoms with Crippen molar-refractivity contribution in [3.8, 4) is 0 Å². The first-order valence-electron chi connectivity index (χ1n) is 2.97. The average Bonchev–Trinajstić information content (AvgIpc) is 2.33. The summed E-state index contributed by atoms with van der Waals surface area (Å²) < 4.78 is 4.99. The molecule has 1 aromatic heterocycles. The highest BCUT2D eigenvalue weighted by Crippen LogP contribution is 2.15. The summed E-state index contributed by atoms with van der Waals surface area (Å²) in [7, 11) is 0. The highest BCUT2D eigenvalue weighted by molar-refractivity contribution is 5.65. The predicted octanol–water partition coefficient (Wildman–Crippen LogP) is 2.35. The molecule has 1 rings (SSSR count). The molecule has 0 aliphatic heterocycles. The number of rotatable bonds is 2. The molecule has 52 valence electrons. The van der Waals surface area contributed by atoms with Crippen molar-refractivity contribution < 1.29 is 4.42 Å². The van der Waals surface area contributed by atoms with Crippen molar-refractivity contribution in [3.63, 3.8) is 0 Å². The molecule has 0 amide bonds. The Bertz CT molecular complexity index is 260. The van der Waals surface area contributed by atoms with Gasteiger partial charge in [0, 0.05) is 0 Å². The Morgan fingerprint density at radius 2 is 2.50 bits per heavy atom. The Hall–Kier alpha value is -1.31. The second-order valence-corrected chi connectivity index (χ2v) is 2.05.